The number of rotatable bonds is 2. The first-order valence-corrected chi connectivity index (χ1v) is 5.76. The van der Waals surface area contributed by atoms with Gasteiger partial charge in [0.2, 0.25) is 0 Å². The largest absolute Gasteiger partial charge is 0.487 e. The van der Waals surface area contributed by atoms with Crippen LogP contribution in [0.25, 0.3) is 0 Å². The van der Waals surface area contributed by atoms with Gasteiger partial charge in [-0.2, -0.15) is 0 Å². The molecule has 0 radical (unpaired) electrons. The predicted molar refractivity (Wildman–Crippen MR) is 63.1 cm³/mol. The van der Waals surface area contributed by atoms with E-state index in [-0.39, 0.29) is 12.1 Å². The third-order valence-electron chi connectivity index (χ3n) is 2.38. The zero-order chi connectivity index (χ0) is 11.0. The average Bonchev–Trinajstić information content (AvgIpc) is 2.07. The lowest BCUT2D eigenvalue weighted by molar-refractivity contribution is 0.101. The summed E-state index contributed by atoms with van der Waals surface area (Å²) in [7, 11) is 0. The number of halogens is 3. The molecule has 0 heterocycles. The second kappa shape index (κ2) is 4.38. The zero-order valence-corrected chi connectivity index (χ0v) is 10.1. The van der Waals surface area contributed by atoms with Gasteiger partial charge in [-0.1, -0.05) is 34.8 Å². The van der Waals surface area contributed by atoms with Gasteiger partial charge < -0.3 is 10.5 Å². The molecule has 0 aromatic heterocycles. The van der Waals surface area contributed by atoms with Crippen LogP contribution < -0.4 is 10.5 Å². The van der Waals surface area contributed by atoms with Crippen molar-refractivity contribution in [2.75, 3.05) is 0 Å². The maximum absolute atomic E-state index is 5.97. The van der Waals surface area contributed by atoms with E-state index in [1.54, 1.807) is 12.1 Å². The van der Waals surface area contributed by atoms with E-state index in [1.165, 1.54) is 0 Å². The summed E-state index contributed by atoms with van der Waals surface area (Å²) < 4.78 is 5.63. The van der Waals surface area contributed by atoms with Crippen LogP contribution in [0.4, 0.5) is 0 Å². The first-order valence-electron chi connectivity index (χ1n) is 4.63. The Morgan fingerprint density at radius 3 is 2.13 bits per heavy atom. The fraction of sp³-hybridized carbons (Fsp3) is 0.400. The monoisotopic (exact) mass is 265 g/mol. The maximum atomic E-state index is 5.97. The molecule has 0 spiro atoms. The van der Waals surface area contributed by atoms with E-state index in [1.807, 2.05) is 0 Å². The first kappa shape index (κ1) is 11.3. The molecule has 1 fully saturated rings. The van der Waals surface area contributed by atoms with E-state index < -0.39 is 0 Å². The molecule has 0 atom stereocenters. The van der Waals surface area contributed by atoms with Crippen molar-refractivity contribution in [3.63, 3.8) is 0 Å². The Morgan fingerprint density at radius 1 is 1.13 bits per heavy atom. The summed E-state index contributed by atoms with van der Waals surface area (Å²) in [5, 5.41) is 1.38. The van der Waals surface area contributed by atoms with Crippen LogP contribution in [0.2, 0.25) is 15.1 Å². The van der Waals surface area contributed by atoms with Crippen LogP contribution in [0.15, 0.2) is 12.1 Å². The molecular formula is C10H10Cl3NO. The molecule has 2 rings (SSSR count). The van der Waals surface area contributed by atoms with Gasteiger partial charge in [0.25, 0.3) is 0 Å². The van der Waals surface area contributed by atoms with Crippen molar-refractivity contribution in [3.8, 4) is 5.75 Å². The molecule has 0 unspecified atom stereocenters. The Hall–Kier alpha value is -0.150. The van der Waals surface area contributed by atoms with E-state index in [0.29, 0.717) is 20.8 Å². The summed E-state index contributed by atoms with van der Waals surface area (Å²) in [6.07, 6.45) is 1.81. The number of hydrogen-bond acceptors (Lipinski definition) is 2. The topological polar surface area (TPSA) is 35.2 Å². The van der Waals surface area contributed by atoms with Crippen LogP contribution >= 0.6 is 34.8 Å². The molecular weight excluding hydrogens is 256 g/mol. The van der Waals surface area contributed by atoms with Gasteiger partial charge in [0.15, 0.2) is 5.75 Å². The third kappa shape index (κ3) is 2.51. The lowest BCUT2D eigenvalue weighted by atomic mass is 9.90. The quantitative estimate of drug-likeness (QED) is 0.889. The highest BCUT2D eigenvalue weighted by molar-refractivity contribution is 6.40. The summed E-state index contributed by atoms with van der Waals surface area (Å²) in [5.41, 5.74) is 5.66. The van der Waals surface area contributed by atoms with E-state index in [9.17, 15) is 0 Å². The van der Waals surface area contributed by atoms with Crippen molar-refractivity contribution >= 4 is 34.8 Å². The molecule has 5 heteroatoms. The van der Waals surface area contributed by atoms with Crippen LogP contribution in [-0.2, 0) is 0 Å². The molecule has 0 saturated heterocycles. The highest BCUT2D eigenvalue weighted by Crippen LogP contribution is 2.38. The van der Waals surface area contributed by atoms with Crippen LogP contribution in [0.3, 0.4) is 0 Å². The molecule has 15 heavy (non-hydrogen) atoms. The standard InChI is InChI=1S/C10H10Cl3NO/c11-5-1-8(12)10(9(13)2-5)15-7-3-6(14)4-7/h1-2,6-7H,3-4,14H2. The first-order chi connectivity index (χ1) is 7.06. The second-order valence-corrected chi connectivity index (χ2v) is 4.92. The van der Waals surface area contributed by atoms with E-state index in [4.69, 9.17) is 45.3 Å². The van der Waals surface area contributed by atoms with Gasteiger partial charge in [0.05, 0.1) is 10.0 Å². The molecule has 0 aliphatic heterocycles. The fourth-order valence-corrected chi connectivity index (χ4v) is 2.42. The minimum Gasteiger partial charge on any atom is -0.487 e. The van der Waals surface area contributed by atoms with Crippen molar-refractivity contribution in [1.29, 1.82) is 0 Å². The number of benzene rings is 1. The minimum absolute atomic E-state index is 0.121. The highest BCUT2D eigenvalue weighted by atomic mass is 35.5. The number of ether oxygens (including phenoxy) is 1. The van der Waals surface area contributed by atoms with Gasteiger partial charge in [-0.25, -0.2) is 0 Å². The van der Waals surface area contributed by atoms with Gasteiger partial charge in [0.1, 0.15) is 6.10 Å². The minimum atomic E-state index is 0.121. The number of hydrogen-bond donors (Lipinski definition) is 1. The normalized spacial score (nSPS) is 24.8. The second-order valence-electron chi connectivity index (χ2n) is 3.67. The molecule has 2 nitrogen and oxygen atoms in total. The molecule has 2 N–H and O–H groups in total. The molecule has 0 amide bonds. The summed E-state index contributed by atoms with van der Waals surface area (Å²) in [5.74, 6) is 0.500. The Morgan fingerprint density at radius 2 is 1.67 bits per heavy atom. The molecule has 1 saturated carbocycles. The zero-order valence-electron chi connectivity index (χ0n) is 7.84. The van der Waals surface area contributed by atoms with Crippen LogP contribution in [0.5, 0.6) is 5.75 Å². The third-order valence-corrected chi connectivity index (χ3v) is 3.16. The lowest BCUT2D eigenvalue weighted by Gasteiger charge is -2.33. The smallest absolute Gasteiger partial charge is 0.156 e. The Labute approximate surface area is 103 Å². The summed E-state index contributed by atoms with van der Waals surface area (Å²) >= 11 is 17.7. The summed E-state index contributed by atoms with van der Waals surface area (Å²) in [6.45, 7) is 0. The van der Waals surface area contributed by atoms with Crippen molar-refractivity contribution in [1.82, 2.24) is 0 Å². The molecule has 1 aliphatic rings. The van der Waals surface area contributed by atoms with Crippen molar-refractivity contribution in [3.05, 3.63) is 27.2 Å². The molecule has 82 valence electrons. The summed E-state index contributed by atoms with van der Waals surface area (Å²) in [4.78, 5) is 0. The molecule has 0 bridgehead atoms. The maximum Gasteiger partial charge on any atom is 0.156 e. The Balaban J connectivity index is 2.14. The summed E-state index contributed by atoms with van der Waals surface area (Å²) in [6, 6.07) is 3.46. The van der Waals surface area contributed by atoms with Crippen molar-refractivity contribution < 1.29 is 4.74 Å². The van der Waals surface area contributed by atoms with E-state index in [2.05, 4.69) is 0 Å². The van der Waals surface area contributed by atoms with Gasteiger partial charge in [-0.3, -0.25) is 0 Å². The molecule has 1 aromatic rings. The van der Waals surface area contributed by atoms with Gasteiger partial charge in [-0.15, -0.1) is 0 Å². The van der Waals surface area contributed by atoms with Gasteiger partial charge >= 0.3 is 0 Å². The molecule has 1 aliphatic carbocycles. The van der Waals surface area contributed by atoms with E-state index >= 15 is 0 Å². The SMILES string of the molecule is NC1CC(Oc2c(Cl)cc(Cl)cc2Cl)C1. The van der Waals surface area contributed by atoms with Crippen LogP contribution in [-0.4, -0.2) is 12.1 Å². The van der Waals surface area contributed by atoms with Crippen molar-refractivity contribution in [2.24, 2.45) is 5.73 Å². The highest BCUT2D eigenvalue weighted by Gasteiger charge is 2.28. The van der Waals surface area contributed by atoms with Crippen LogP contribution in [0, 0.1) is 0 Å². The van der Waals surface area contributed by atoms with Crippen LogP contribution in [0.1, 0.15) is 12.8 Å². The van der Waals surface area contributed by atoms with E-state index in [0.717, 1.165) is 12.8 Å². The number of nitrogens with two attached hydrogens (primary N) is 1. The van der Waals surface area contributed by atoms with Gasteiger partial charge in [-0.05, 0) is 25.0 Å². The van der Waals surface area contributed by atoms with Crippen molar-refractivity contribution in [2.45, 2.75) is 25.0 Å². The Bertz CT molecular complexity index is 354. The predicted octanol–water partition coefficient (Wildman–Crippen LogP) is 3.52. The van der Waals surface area contributed by atoms with Gasteiger partial charge in [0, 0.05) is 11.1 Å². The lowest BCUT2D eigenvalue weighted by Crippen LogP contribution is -2.43. The average molecular weight is 267 g/mol. The fourth-order valence-electron chi connectivity index (χ4n) is 1.51. The molecule has 1 aromatic carbocycles. The Kier molecular flexibility index (Phi) is 3.31.